The molecule has 5 nitrogen and oxygen atoms in total. The minimum Gasteiger partial charge on any atom is -0.409 e. The number of nitrogens with two attached hydrogens (primary N) is 1. The molecule has 16 heavy (non-hydrogen) atoms. The fourth-order valence-corrected chi connectivity index (χ4v) is 1.33. The first-order valence-corrected chi connectivity index (χ1v) is 4.99. The van der Waals surface area contributed by atoms with E-state index >= 15 is 0 Å². The first-order chi connectivity index (χ1) is 7.67. The lowest BCUT2D eigenvalue weighted by Gasteiger charge is -2.14. The zero-order chi connectivity index (χ0) is 12.0. The highest BCUT2D eigenvalue weighted by molar-refractivity contribution is 5.87. The Hall–Kier alpha value is -1.75. The topological polar surface area (TPSA) is 79.9 Å². The van der Waals surface area contributed by atoms with Crippen molar-refractivity contribution in [1.82, 2.24) is 0 Å². The van der Waals surface area contributed by atoms with Gasteiger partial charge in [0.25, 0.3) is 0 Å². The summed E-state index contributed by atoms with van der Waals surface area (Å²) < 4.78 is 5.04. The minimum absolute atomic E-state index is 0.150. The second-order valence-corrected chi connectivity index (χ2v) is 3.52. The monoisotopic (exact) mass is 223 g/mol. The molecule has 0 aliphatic carbocycles. The van der Waals surface area contributed by atoms with E-state index in [1.54, 1.807) is 7.11 Å². The Labute approximate surface area is 94.9 Å². The summed E-state index contributed by atoms with van der Waals surface area (Å²) in [6, 6.07) is 7.56. The quantitative estimate of drug-likeness (QED) is 0.305. The molecule has 1 unspecified atom stereocenters. The number of ether oxygens (including phenoxy) is 1. The third kappa shape index (κ3) is 3.43. The van der Waals surface area contributed by atoms with Gasteiger partial charge in [0.15, 0.2) is 5.84 Å². The minimum atomic E-state index is -0.220. The third-order valence-corrected chi connectivity index (χ3v) is 2.18. The van der Waals surface area contributed by atoms with Gasteiger partial charge in [0.1, 0.15) is 0 Å². The fraction of sp³-hybridized carbons (Fsp3) is 0.364. The van der Waals surface area contributed by atoms with Gasteiger partial charge in [-0.1, -0.05) is 17.3 Å². The van der Waals surface area contributed by atoms with Gasteiger partial charge in [-0.2, -0.15) is 0 Å². The van der Waals surface area contributed by atoms with Gasteiger partial charge in [0.2, 0.25) is 0 Å². The lowest BCUT2D eigenvalue weighted by molar-refractivity contribution is 0.185. The van der Waals surface area contributed by atoms with Crippen LogP contribution in [0.3, 0.4) is 0 Å². The van der Waals surface area contributed by atoms with Crippen molar-refractivity contribution < 1.29 is 9.94 Å². The molecule has 0 aliphatic rings. The van der Waals surface area contributed by atoms with Gasteiger partial charge in [0, 0.05) is 12.8 Å². The zero-order valence-corrected chi connectivity index (χ0v) is 9.47. The predicted molar refractivity (Wildman–Crippen MR) is 63.6 cm³/mol. The van der Waals surface area contributed by atoms with E-state index in [-0.39, 0.29) is 11.9 Å². The van der Waals surface area contributed by atoms with Crippen LogP contribution in [0, 0.1) is 0 Å². The van der Waals surface area contributed by atoms with Gasteiger partial charge < -0.3 is 21.0 Å². The summed E-state index contributed by atoms with van der Waals surface area (Å²) in [5, 5.41) is 14.6. The lowest BCUT2D eigenvalue weighted by Crippen LogP contribution is -2.32. The molecule has 0 radical (unpaired) electrons. The summed E-state index contributed by atoms with van der Waals surface area (Å²) >= 11 is 0. The van der Waals surface area contributed by atoms with Crippen molar-refractivity contribution in [2.45, 2.75) is 19.6 Å². The number of rotatable bonds is 5. The average molecular weight is 223 g/mol. The molecular weight excluding hydrogens is 206 g/mol. The molecule has 1 atom stereocenters. The van der Waals surface area contributed by atoms with Crippen molar-refractivity contribution in [2.75, 3.05) is 12.4 Å². The largest absolute Gasteiger partial charge is 0.409 e. The Morgan fingerprint density at radius 3 is 3.00 bits per heavy atom. The van der Waals surface area contributed by atoms with Gasteiger partial charge in [-0.25, -0.2) is 0 Å². The van der Waals surface area contributed by atoms with Crippen LogP contribution in [0.25, 0.3) is 0 Å². The number of oxime groups is 1. The smallest absolute Gasteiger partial charge is 0.161 e. The molecule has 0 bridgehead atoms. The van der Waals surface area contributed by atoms with Crippen LogP contribution >= 0.6 is 0 Å². The Balaban J connectivity index is 2.70. The van der Waals surface area contributed by atoms with E-state index in [4.69, 9.17) is 15.7 Å². The molecule has 1 aromatic rings. The SMILES string of the molecule is COCc1cccc(NC(C)C(N)=NO)c1. The van der Waals surface area contributed by atoms with Gasteiger partial charge in [-0.3, -0.25) is 0 Å². The Morgan fingerprint density at radius 1 is 1.62 bits per heavy atom. The summed E-state index contributed by atoms with van der Waals surface area (Å²) in [5.41, 5.74) is 7.45. The van der Waals surface area contributed by atoms with Crippen LogP contribution in [-0.2, 0) is 11.3 Å². The second kappa shape index (κ2) is 5.97. The van der Waals surface area contributed by atoms with Gasteiger partial charge in [-0.05, 0) is 24.6 Å². The number of anilines is 1. The zero-order valence-electron chi connectivity index (χ0n) is 9.47. The van der Waals surface area contributed by atoms with Crippen LogP contribution in [-0.4, -0.2) is 24.2 Å². The highest BCUT2D eigenvalue weighted by atomic mass is 16.5. The number of nitrogens with one attached hydrogen (secondary N) is 1. The Bertz CT molecular complexity index is 366. The van der Waals surface area contributed by atoms with Crippen molar-refractivity contribution in [3.63, 3.8) is 0 Å². The number of methoxy groups -OCH3 is 1. The summed E-state index contributed by atoms with van der Waals surface area (Å²) in [4.78, 5) is 0. The van der Waals surface area contributed by atoms with Crippen molar-refractivity contribution in [3.05, 3.63) is 29.8 Å². The highest BCUT2D eigenvalue weighted by Crippen LogP contribution is 2.12. The van der Waals surface area contributed by atoms with Crippen LogP contribution < -0.4 is 11.1 Å². The molecule has 0 saturated carbocycles. The van der Waals surface area contributed by atoms with Crippen molar-refractivity contribution in [1.29, 1.82) is 0 Å². The van der Waals surface area contributed by atoms with E-state index in [2.05, 4.69) is 10.5 Å². The first kappa shape index (κ1) is 12.3. The second-order valence-electron chi connectivity index (χ2n) is 3.52. The standard InChI is InChI=1S/C11H17N3O2/c1-8(11(12)14-15)13-10-5-3-4-9(6-10)7-16-2/h3-6,8,13,15H,7H2,1-2H3,(H2,12,14). The van der Waals surface area contributed by atoms with E-state index in [0.29, 0.717) is 6.61 Å². The maximum absolute atomic E-state index is 8.52. The molecule has 0 spiro atoms. The van der Waals surface area contributed by atoms with Crippen LogP contribution in [0.5, 0.6) is 0 Å². The van der Waals surface area contributed by atoms with Crippen molar-refractivity contribution >= 4 is 11.5 Å². The Morgan fingerprint density at radius 2 is 2.38 bits per heavy atom. The maximum Gasteiger partial charge on any atom is 0.161 e. The van der Waals surface area contributed by atoms with Crippen molar-refractivity contribution in [2.24, 2.45) is 10.9 Å². The molecule has 88 valence electrons. The molecule has 0 aliphatic heterocycles. The lowest BCUT2D eigenvalue weighted by atomic mass is 10.2. The van der Waals surface area contributed by atoms with E-state index in [1.807, 2.05) is 31.2 Å². The highest BCUT2D eigenvalue weighted by Gasteiger charge is 2.06. The first-order valence-electron chi connectivity index (χ1n) is 4.99. The number of hydrogen-bond donors (Lipinski definition) is 3. The normalized spacial score (nSPS) is 13.5. The van der Waals surface area contributed by atoms with E-state index in [9.17, 15) is 0 Å². The molecule has 5 heteroatoms. The molecule has 0 saturated heterocycles. The molecule has 0 aromatic heterocycles. The van der Waals surface area contributed by atoms with E-state index in [0.717, 1.165) is 11.3 Å². The molecule has 0 amide bonds. The number of amidine groups is 1. The van der Waals surface area contributed by atoms with E-state index < -0.39 is 0 Å². The summed E-state index contributed by atoms with van der Waals surface area (Å²) in [6.07, 6.45) is 0. The Kier molecular flexibility index (Phi) is 4.60. The summed E-state index contributed by atoms with van der Waals surface area (Å²) in [7, 11) is 1.65. The number of benzene rings is 1. The molecule has 1 aromatic carbocycles. The fourth-order valence-electron chi connectivity index (χ4n) is 1.33. The van der Waals surface area contributed by atoms with Crippen LogP contribution in [0.4, 0.5) is 5.69 Å². The van der Waals surface area contributed by atoms with Gasteiger partial charge in [0.05, 0.1) is 12.6 Å². The van der Waals surface area contributed by atoms with Crippen LogP contribution in [0.1, 0.15) is 12.5 Å². The van der Waals surface area contributed by atoms with Crippen molar-refractivity contribution in [3.8, 4) is 0 Å². The predicted octanol–water partition coefficient (Wildman–Crippen LogP) is 1.38. The molecule has 4 N–H and O–H groups in total. The van der Waals surface area contributed by atoms with Gasteiger partial charge in [-0.15, -0.1) is 0 Å². The molecule has 1 rings (SSSR count). The average Bonchev–Trinajstić information content (AvgIpc) is 2.29. The molecular formula is C11H17N3O2. The number of nitrogens with zero attached hydrogens (tertiary/aromatic N) is 1. The molecule has 0 heterocycles. The van der Waals surface area contributed by atoms with Crippen LogP contribution in [0.2, 0.25) is 0 Å². The third-order valence-electron chi connectivity index (χ3n) is 2.18. The number of hydrogen-bond acceptors (Lipinski definition) is 4. The maximum atomic E-state index is 8.52. The van der Waals surface area contributed by atoms with Gasteiger partial charge >= 0.3 is 0 Å². The summed E-state index contributed by atoms with van der Waals surface area (Å²) in [5.74, 6) is 0.150. The summed E-state index contributed by atoms with van der Waals surface area (Å²) in [6.45, 7) is 2.38. The molecule has 0 fully saturated rings. The van der Waals surface area contributed by atoms with E-state index in [1.165, 1.54) is 0 Å². The van der Waals surface area contributed by atoms with Crippen LogP contribution in [0.15, 0.2) is 29.4 Å².